The maximum atomic E-state index is 11.8. The van der Waals surface area contributed by atoms with Gasteiger partial charge in [-0.25, -0.2) is 4.79 Å². The largest absolute Gasteiger partial charge is 0.481 e. The molecule has 3 N–H and O–H groups in total. The molecule has 0 unspecified atom stereocenters. The number of carbonyl (C=O) groups is 2. The minimum absolute atomic E-state index is 0.00990. The van der Waals surface area contributed by atoms with E-state index in [1.54, 1.807) is 31.6 Å². The number of rotatable bonds is 5. The average Bonchev–Trinajstić information content (AvgIpc) is 2.54. The van der Waals surface area contributed by atoms with Crippen molar-refractivity contribution in [3.05, 3.63) is 11.8 Å². The summed E-state index contributed by atoms with van der Waals surface area (Å²) in [6, 6.07) is 1.36. The lowest BCUT2D eigenvalue weighted by atomic mass is 9.99. The number of aromatic nitrogens is 2. The zero-order chi connectivity index (χ0) is 14.6. The topological polar surface area (TPSA) is 96.2 Å². The monoisotopic (exact) mass is 268 g/mol. The SMILES string of the molecule is Cc1cc(NC(=O)NC(C)(C)CCC(=O)O)nn1C. The van der Waals surface area contributed by atoms with Crippen LogP contribution >= 0.6 is 0 Å². The predicted octanol–water partition coefficient (Wildman–Crippen LogP) is 1.49. The van der Waals surface area contributed by atoms with Crippen molar-refractivity contribution in [2.45, 2.75) is 39.2 Å². The molecule has 0 atom stereocenters. The van der Waals surface area contributed by atoms with Crippen LogP contribution in [0, 0.1) is 6.92 Å². The number of carbonyl (C=O) groups excluding carboxylic acids is 1. The van der Waals surface area contributed by atoms with Crippen molar-refractivity contribution in [3.8, 4) is 0 Å². The Balaban J connectivity index is 2.52. The number of aliphatic carboxylic acids is 1. The van der Waals surface area contributed by atoms with Gasteiger partial charge in [-0.1, -0.05) is 0 Å². The van der Waals surface area contributed by atoms with Crippen LogP contribution in [0.4, 0.5) is 10.6 Å². The van der Waals surface area contributed by atoms with Gasteiger partial charge in [0.25, 0.3) is 0 Å². The number of amides is 2. The van der Waals surface area contributed by atoms with Crippen molar-refractivity contribution < 1.29 is 14.7 Å². The summed E-state index contributed by atoms with van der Waals surface area (Å²) < 4.78 is 1.66. The third-order valence-corrected chi connectivity index (χ3v) is 2.77. The molecule has 19 heavy (non-hydrogen) atoms. The highest BCUT2D eigenvalue weighted by Gasteiger charge is 2.21. The first-order chi connectivity index (χ1) is 8.69. The van der Waals surface area contributed by atoms with E-state index in [0.29, 0.717) is 12.2 Å². The van der Waals surface area contributed by atoms with Gasteiger partial charge in [-0.3, -0.25) is 14.8 Å². The van der Waals surface area contributed by atoms with Crippen molar-refractivity contribution in [2.75, 3.05) is 5.32 Å². The molecule has 0 spiro atoms. The highest BCUT2D eigenvalue weighted by Crippen LogP contribution is 2.12. The van der Waals surface area contributed by atoms with E-state index in [1.165, 1.54) is 0 Å². The number of carboxylic acids is 1. The predicted molar refractivity (Wildman–Crippen MR) is 71.0 cm³/mol. The van der Waals surface area contributed by atoms with Gasteiger partial charge in [0.2, 0.25) is 0 Å². The van der Waals surface area contributed by atoms with Gasteiger partial charge in [-0.05, 0) is 27.2 Å². The fourth-order valence-corrected chi connectivity index (χ4v) is 1.56. The molecule has 0 saturated heterocycles. The standard InChI is InChI=1S/C12H20N4O3/c1-8-7-9(15-16(8)4)13-11(19)14-12(2,3)6-5-10(17)18/h7H,5-6H2,1-4H3,(H,17,18)(H2,13,14,15,19). The van der Waals surface area contributed by atoms with Gasteiger partial charge in [0.05, 0.1) is 0 Å². The quantitative estimate of drug-likeness (QED) is 0.753. The van der Waals surface area contributed by atoms with Crippen molar-refractivity contribution in [1.29, 1.82) is 0 Å². The molecule has 1 rings (SSSR count). The highest BCUT2D eigenvalue weighted by molar-refractivity contribution is 5.88. The minimum atomic E-state index is -0.879. The van der Waals surface area contributed by atoms with E-state index in [-0.39, 0.29) is 6.42 Å². The van der Waals surface area contributed by atoms with Crippen LogP contribution in [-0.4, -0.2) is 32.4 Å². The number of aryl methyl sites for hydroxylation is 2. The van der Waals surface area contributed by atoms with Crippen molar-refractivity contribution >= 4 is 17.8 Å². The number of nitrogens with one attached hydrogen (secondary N) is 2. The Bertz CT molecular complexity index is 460. The molecule has 0 fully saturated rings. The number of urea groups is 1. The number of nitrogens with zero attached hydrogens (tertiary/aromatic N) is 2. The van der Waals surface area contributed by atoms with Gasteiger partial charge in [-0.2, -0.15) is 5.10 Å². The molecular formula is C12H20N4O3. The maximum absolute atomic E-state index is 11.8. The summed E-state index contributed by atoms with van der Waals surface area (Å²) >= 11 is 0. The van der Waals surface area contributed by atoms with Gasteiger partial charge >= 0.3 is 12.0 Å². The molecule has 0 radical (unpaired) electrons. The molecule has 0 saturated carbocycles. The van der Waals surface area contributed by atoms with Crippen LogP contribution in [-0.2, 0) is 11.8 Å². The van der Waals surface area contributed by atoms with E-state index in [0.717, 1.165) is 5.69 Å². The summed E-state index contributed by atoms with van der Waals surface area (Å²) in [5.41, 5.74) is 0.340. The van der Waals surface area contributed by atoms with Crippen LogP contribution < -0.4 is 10.6 Å². The molecule has 7 nitrogen and oxygen atoms in total. The summed E-state index contributed by atoms with van der Waals surface area (Å²) in [7, 11) is 1.79. The number of carboxylic acid groups (broad SMARTS) is 1. The Morgan fingerprint density at radius 3 is 2.58 bits per heavy atom. The van der Waals surface area contributed by atoms with Crippen LogP contribution in [0.25, 0.3) is 0 Å². The Morgan fingerprint density at radius 1 is 1.47 bits per heavy atom. The molecule has 1 aromatic heterocycles. The third-order valence-electron chi connectivity index (χ3n) is 2.77. The normalized spacial score (nSPS) is 11.2. The number of hydrogen-bond acceptors (Lipinski definition) is 3. The molecular weight excluding hydrogens is 248 g/mol. The van der Waals surface area contributed by atoms with E-state index in [4.69, 9.17) is 5.11 Å². The second-order valence-electron chi connectivity index (χ2n) is 5.15. The Morgan fingerprint density at radius 2 is 2.11 bits per heavy atom. The molecule has 0 aliphatic rings. The maximum Gasteiger partial charge on any atom is 0.320 e. The van der Waals surface area contributed by atoms with E-state index >= 15 is 0 Å². The fraction of sp³-hybridized carbons (Fsp3) is 0.583. The van der Waals surface area contributed by atoms with Gasteiger partial charge in [0.1, 0.15) is 0 Å². The van der Waals surface area contributed by atoms with Crippen LogP contribution in [0.3, 0.4) is 0 Å². The summed E-state index contributed by atoms with van der Waals surface area (Å²) in [6.07, 6.45) is 0.368. The molecule has 0 aliphatic heterocycles. The lowest BCUT2D eigenvalue weighted by molar-refractivity contribution is -0.137. The van der Waals surface area contributed by atoms with E-state index in [1.807, 2.05) is 6.92 Å². The summed E-state index contributed by atoms with van der Waals surface area (Å²) in [4.78, 5) is 22.3. The molecule has 1 heterocycles. The highest BCUT2D eigenvalue weighted by atomic mass is 16.4. The Labute approximate surface area is 112 Å². The Kier molecular flexibility index (Phi) is 4.52. The van der Waals surface area contributed by atoms with E-state index in [2.05, 4.69) is 15.7 Å². The average molecular weight is 268 g/mol. The van der Waals surface area contributed by atoms with Crippen LogP contribution in [0.2, 0.25) is 0 Å². The van der Waals surface area contributed by atoms with Gasteiger partial charge in [0.15, 0.2) is 5.82 Å². The van der Waals surface area contributed by atoms with Crippen molar-refractivity contribution in [2.24, 2.45) is 7.05 Å². The smallest absolute Gasteiger partial charge is 0.320 e. The second kappa shape index (κ2) is 5.73. The summed E-state index contributed by atoms with van der Waals surface area (Å²) in [5.74, 6) is -0.415. The van der Waals surface area contributed by atoms with Crippen LogP contribution in [0.1, 0.15) is 32.4 Å². The number of anilines is 1. The fourth-order valence-electron chi connectivity index (χ4n) is 1.56. The molecule has 2 amide bonds. The van der Waals surface area contributed by atoms with Crippen molar-refractivity contribution in [1.82, 2.24) is 15.1 Å². The first-order valence-corrected chi connectivity index (χ1v) is 6.01. The zero-order valence-corrected chi connectivity index (χ0v) is 11.6. The Hall–Kier alpha value is -2.05. The molecule has 0 aromatic carbocycles. The van der Waals surface area contributed by atoms with E-state index in [9.17, 15) is 9.59 Å². The number of hydrogen-bond donors (Lipinski definition) is 3. The van der Waals surface area contributed by atoms with Gasteiger partial charge in [-0.15, -0.1) is 0 Å². The van der Waals surface area contributed by atoms with Gasteiger partial charge < -0.3 is 10.4 Å². The van der Waals surface area contributed by atoms with Crippen LogP contribution in [0.15, 0.2) is 6.07 Å². The molecule has 7 heteroatoms. The second-order valence-corrected chi connectivity index (χ2v) is 5.15. The molecule has 106 valence electrons. The van der Waals surface area contributed by atoms with E-state index < -0.39 is 17.5 Å². The molecule has 0 bridgehead atoms. The zero-order valence-electron chi connectivity index (χ0n) is 11.6. The first kappa shape index (κ1) is 15.0. The lowest BCUT2D eigenvalue weighted by Gasteiger charge is -2.25. The lowest BCUT2D eigenvalue weighted by Crippen LogP contribution is -2.45. The molecule has 1 aromatic rings. The van der Waals surface area contributed by atoms with Crippen molar-refractivity contribution in [3.63, 3.8) is 0 Å². The van der Waals surface area contributed by atoms with Crippen LogP contribution in [0.5, 0.6) is 0 Å². The van der Waals surface area contributed by atoms with Gasteiger partial charge in [0, 0.05) is 30.8 Å². The third kappa shape index (κ3) is 4.99. The summed E-state index contributed by atoms with van der Waals surface area (Å²) in [5, 5.41) is 18.1. The summed E-state index contributed by atoms with van der Waals surface area (Å²) in [6.45, 7) is 5.44. The minimum Gasteiger partial charge on any atom is -0.481 e. The first-order valence-electron chi connectivity index (χ1n) is 6.01. The molecule has 0 aliphatic carbocycles.